The summed E-state index contributed by atoms with van der Waals surface area (Å²) in [5.74, 6) is -3.13. The topological polar surface area (TPSA) is 211 Å². The molecule has 184 valence electrons. The number of nitrogens with two attached hydrogens (primary N) is 2. The molecule has 0 bridgehead atoms. The van der Waals surface area contributed by atoms with E-state index < -0.39 is 30.3 Å². The fourth-order valence-electron chi connectivity index (χ4n) is 3.21. The first-order valence-electron chi connectivity index (χ1n) is 9.96. The van der Waals surface area contributed by atoms with E-state index in [1.54, 1.807) is 11.9 Å². The Balaban J connectivity index is 1.80. The fourth-order valence-corrected chi connectivity index (χ4v) is 4.45. The van der Waals surface area contributed by atoms with Crippen LogP contribution in [0.5, 0.6) is 0 Å². The largest absolute Gasteiger partial charge is 0.481 e. The number of anilines is 3. The van der Waals surface area contributed by atoms with Gasteiger partial charge >= 0.3 is 11.9 Å². The van der Waals surface area contributed by atoms with Gasteiger partial charge < -0.3 is 31.9 Å². The van der Waals surface area contributed by atoms with E-state index in [2.05, 4.69) is 41.2 Å². The molecule has 0 aliphatic heterocycles. The Morgan fingerprint density at radius 3 is 2.54 bits per heavy atom. The van der Waals surface area contributed by atoms with Gasteiger partial charge in [-0.25, -0.2) is 14.8 Å². The molecule has 0 spiro atoms. The number of halogens is 2. The number of rotatable bonds is 9. The lowest BCUT2D eigenvalue weighted by atomic mass is 10.1. The van der Waals surface area contributed by atoms with Crippen molar-refractivity contribution in [1.29, 1.82) is 0 Å². The van der Waals surface area contributed by atoms with Gasteiger partial charge in [0.05, 0.1) is 29.1 Å². The normalized spacial score (nSPS) is 11.7. The highest BCUT2D eigenvalue weighted by atomic mass is 79.9. The molecule has 0 aliphatic rings. The molecule has 0 unspecified atom stereocenters. The van der Waals surface area contributed by atoms with Crippen molar-refractivity contribution < 1.29 is 24.6 Å². The van der Waals surface area contributed by atoms with Gasteiger partial charge in [-0.15, -0.1) is 0 Å². The minimum Gasteiger partial charge on any atom is -0.481 e. The van der Waals surface area contributed by atoms with E-state index in [-0.39, 0.29) is 41.0 Å². The molecule has 1 atom stereocenters. The first-order valence-corrected chi connectivity index (χ1v) is 11.1. The Labute approximate surface area is 211 Å². The lowest BCUT2D eigenvalue weighted by Gasteiger charge is -2.22. The molecule has 1 amide bonds. The van der Waals surface area contributed by atoms with E-state index in [4.69, 9.17) is 28.2 Å². The van der Waals surface area contributed by atoms with Crippen LogP contribution in [0.4, 0.5) is 17.5 Å². The second-order valence-corrected chi connectivity index (χ2v) is 8.70. The molecule has 1 aromatic carbocycles. The standard InChI is InChI=1S/C20H20BrClN8O5/c1-30(7-9-6-25-17-14(26-9)16(23)28-20(24)29-17)15-10(21)4-8(5-11(15)22)18(33)27-12(19(34)35)2-3-13(31)32/h4-6,12H,2-3,7H2,1H3,(H,27,33)(H,31,32)(H,34,35)(H4,23,24,25,28,29)/t12-/m0/s1. The number of carbonyl (C=O) groups excluding carboxylic acids is 1. The maximum absolute atomic E-state index is 12.6. The fraction of sp³-hybridized carbons (Fsp3) is 0.250. The molecule has 2 heterocycles. The Bertz CT molecular complexity index is 1300. The van der Waals surface area contributed by atoms with Crippen LogP contribution < -0.4 is 21.7 Å². The molecule has 0 fully saturated rings. The average molecular weight is 568 g/mol. The summed E-state index contributed by atoms with van der Waals surface area (Å²) in [5.41, 5.74) is 13.2. The van der Waals surface area contributed by atoms with Crippen molar-refractivity contribution in [1.82, 2.24) is 25.3 Å². The second-order valence-electron chi connectivity index (χ2n) is 7.44. The third kappa shape index (κ3) is 6.22. The Kier molecular flexibility index (Phi) is 7.86. The van der Waals surface area contributed by atoms with Crippen LogP contribution in [0.15, 0.2) is 22.8 Å². The van der Waals surface area contributed by atoms with Crippen molar-refractivity contribution in [3.8, 4) is 0 Å². The molecule has 35 heavy (non-hydrogen) atoms. The van der Waals surface area contributed by atoms with E-state index in [1.807, 2.05) is 0 Å². The molecule has 2 aromatic heterocycles. The van der Waals surface area contributed by atoms with E-state index in [9.17, 15) is 19.5 Å². The first-order chi connectivity index (χ1) is 16.5. The van der Waals surface area contributed by atoms with Gasteiger partial charge in [0.1, 0.15) is 6.04 Å². The molecule has 7 N–H and O–H groups in total. The van der Waals surface area contributed by atoms with Crippen molar-refractivity contribution in [2.45, 2.75) is 25.4 Å². The summed E-state index contributed by atoms with van der Waals surface area (Å²) in [7, 11) is 1.74. The van der Waals surface area contributed by atoms with Crippen LogP contribution in [0.1, 0.15) is 28.9 Å². The van der Waals surface area contributed by atoms with Crippen molar-refractivity contribution in [2.24, 2.45) is 0 Å². The number of nitrogens with zero attached hydrogens (tertiary/aromatic N) is 5. The maximum Gasteiger partial charge on any atom is 0.326 e. The zero-order valence-corrected chi connectivity index (χ0v) is 20.5. The molecule has 0 radical (unpaired) electrons. The number of aliphatic carboxylic acids is 2. The predicted molar refractivity (Wildman–Crippen MR) is 131 cm³/mol. The van der Waals surface area contributed by atoms with Crippen LogP contribution in [-0.4, -0.2) is 61.1 Å². The van der Waals surface area contributed by atoms with Crippen LogP contribution >= 0.6 is 27.5 Å². The summed E-state index contributed by atoms with van der Waals surface area (Å²) in [4.78, 5) is 53.0. The SMILES string of the molecule is CN(Cc1cnc2nc(N)nc(N)c2n1)c1c(Cl)cc(C(=O)N[C@@H](CCC(=O)O)C(=O)O)cc1Br. The summed E-state index contributed by atoms with van der Waals surface area (Å²) in [5, 5.41) is 20.5. The molecule has 0 aliphatic carbocycles. The van der Waals surface area contributed by atoms with E-state index >= 15 is 0 Å². The highest BCUT2D eigenvalue weighted by Crippen LogP contribution is 2.35. The second kappa shape index (κ2) is 10.7. The van der Waals surface area contributed by atoms with E-state index in [1.165, 1.54) is 18.3 Å². The summed E-state index contributed by atoms with van der Waals surface area (Å²) in [6.45, 7) is 0.257. The van der Waals surface area contributed by atoms with Gasteiger partial charge in [-0.05, 0) is 34.5 Å². The number of aromatic nitrogens is 4. The molecule has 0 saturated carbocycles. The quantitative estimate of drug-likeness (QED) is 0.250. The molecule has 15 heteroatoms. The average Bonchev–Trinajstić information content (AvgIpc) is 2.75. The monoisotopic (exact) mass is 566 g/mol. The number of amides is 1. The molecule has 13 nitrogen and oxygen atoms in total. The van der Waals surface area contributed by atoms with Gasteiger partial charge in [0.2, 0.25) is 5.95 Å². The molecule has 3 aromatic rings. The summed E-state index contributed by atoms with van der Waals surface area (Å²) in [6, 6.07) is 1.49. The van der Waals surface area contributed by atoms with Gasteiger partial charge in [-0.3, -0.25) is 9.59 Å². The highest BCUT2D eigenvalue weighted by Gasteiger charge is 2.23. The highest BCUT2D eigenvalue weighted by molar-refractivity contribution is 9.10. The number of hydrogen-bond donors (Lipinski definition) is 5. The Morgan fingerprint density at radius 2 is 1.91 bits per heavy atom. The number of carbonyl (C=O) groups is 3. The molecule has 3 rings (SSSR count). The molecular weight excluding hydrogens is 548 g/mol. The summed E-state index contributed by atoms with van der Waals surface area (Å²) >= 11 is 9.84. The van der Waals surface area contributed by atoms with Gasteiger partial charge in [-0.1, -0.05) is 11.6 Å². The van der Waals surface area contributed by atoms with Gasteiger partial charge in [0.15, 0.2) is 17.0 Å². The molecule has 0 saturated heterocycles. The summed E-state index contributed by atoms with van der Waals surface area (Å²) in [6.07, 6.45) is 0.840. The lowest BCUT2D eigenvalue weighted by Crippen LogP contribution is -2.41. The predicted octanol–water partition coefficient (Wildman–Crippen LogP) is 1.68. The number of nitrogens with one attached hydrogen (secondary N) is 1. The number of benzene rings is 1. The number of hydrogen-bond acceptors (Lipinski definition) is 10. The van der Waals surface area contributed by atoms with E-state index in [0.29, 0.717) is 21.4 Å². The maximum atomic E-state index is 12.6. The lowest BCUT2D eigenvalue weighted by molar-refractivity contribution is -0.140. The van der Waals surface area contributed by atoms with Crippen molar-refractivity contribution in [2.75, 3.05) is 23.4 Å². The van der Waals surface area contributed by atoms with Gasteiger partial charge in [-0.2, -0.15) is 9.97 Å². The minimum atomic E-state index is -1.36. The van der Waals surface area contributed by atoms with Gasteiger partial charge in [0, 0.05) is 23.5 Å². The third-order valence-electron chi connectivity index (χ3n) is 4.81. The zero-order chi connectivity index (χ0) is 25.9. The smallest absolute Gasteiger partial charge is 0.326 e. The number of fused-ring (bicyclic) bond motifs is 1. The zero-order valence-electron chi connectivity index (χ0n) is 18.2. The van der Waals surface area contributed by atoms with Crippen molar-refractivity contribution in [3.63, 3.8) is 0 Å². The first kappa shape index (κ1) is 25.8. The van der Waals surface area contributed by atoms with Crippen LogP contribution in [0.2, 0.25) is 5.02 Å². The van der Waals surface area contributed by atoms with Crippen molar-refractivity contribution >= 4 is 74.0 Å². The third-order valence-corrected chi connectivity index (χ3v) is 5.70. The van der Waals surface area contributed by atoms with Gasteiger partial charge in [0.25, 0.3) is 5.91 Å². The van der Waals surface area contributed by atoms with Crippen LogP contribution in [0, 0.1) is 0 Å². The van der Waals surface area contributed by atoms with Crippen LogP contribution in [0.3, 0.4) is 0 Å². The molecular formula is C20H20BrClN8O5. The summed E-state index contributed by atoms with van der Waals surface area (Å²) < 4.78 is 0.458. The number of carboxylic acids is 2. The Morgan fingerprint density at radius 1 is 1.20 bits per heavy atom. The Hall–Kier alpha value is -3.78. The van der Waals surface area contributed by atoms with Crippen LogP contribution in [-0.2, 0) is 16.1 Å². The van der Waals surface area contributed by atoms with E-state index in [0.717, 1.165) is 0 Å². The number of carboxylic acid groups (broad SMARTS) is 2. The number of nitrogen functional groups attached to an aromatic ring is 2. The van der Waals surface area contributed by atoms with Crippen LogP contribution in [0.25, 0.3) is 11.2 Å². The minimum absolute atomic E-state index is 0.00873. The van der Waals surface area contributed by atoms with Crippen molar-refractivity contribution in [3.05, 3.63) is 39.1 Å².